The molecule has 29 heavy (non-hydrogen) atoms. The van der Waals surface area contributed by atoms with Gasteiger partial charge in [0.2, 0.25) is 0 Å². The summed E-state index contributed by atoms with van der Waals surface area (Å²) in [7, 11) is 0. The molecule has 1 aromatic carbocycles. The highest BCUT2D eigenvalue weighted by Gasteiger charge is 2.23. The molecule has 2 aromatic rings. The fourth-order valence-electron chi connectivity index (χ4n) is 3.86. The van der Waals surface area contributed by atoms with Gasteiger partial charge in [-0.05, 0) is 38.0 Å². The van der Waals surface area contributed by atoms with E-state index in [1.807, 2.05) is 6.07 Å². The van der Waals surface area contributed by atoms with Crippen LogP contribution < -0.4 is 5.32 Å². The highest BCUT2D eigenvalue weighted by molar-refractivity contribution is 8.14. The molecule has 1 aliphatic carbocycles. The van der Waals surface area contributed by atoms with E-state index in [1.165, 1.54) is 12.8 Å². The van der Waals surface area contributed by atoms with Gasteiger partial charge in [-0.2, -0.15) is 0 Å². The zero-order valence-electron chi connectivity index (χ0n) is 16.5. The van der Waals surface area contributed by atoms with Gasteiger partial charge in [-0.3, -0.25) is 4.99 Å². The topological polar surface area (TPSA) is 75.7 Å². The number of hydrogen-bond acceptors (Lipinski definition) is 6. The molecule has 1 fully saturated rings. The molecule has 2 N–H and O–H groups in total. The summed E-state index contributed by atoms with van der Waals surface area (Å²) >= 11 is 1.64. The average Bonchev–Trinajstić information content (AvgIpc) is 3.42. The number of nitrogens with zero attached hydrogens (tertiary/aromatic N) is 1. The zero-order valence-corrected chi connectivity index (χ0v) is 17.3. The molecule has 1 saturated carbocycles. The summed E-state index contributed by atoms with van der Waals surface area (Å²) in [4.78, 5) is 19.5. The first kappa shape index (κ1) is 20.2. The van der Waals surface area contributed by atoms with Crippen molar-refractivity contribution in [2.45, 2.75) is 44.7 Å². The largest absolute Gasteiger partial charge is 0.464 e. The lowest BCUT2D eigenvalue weighted by molar-refractivity contribution is -0.148. The first-order valence-corrected chi connectivity index (χ1v) is 11.1. The Morgan fingerprint density at radius 1 is 1.34 bits per heavy atom. The number of esters is 1. The summed E-state index contributed by atoms with van der Waals surface area (Å²) in [6.45, 7) is 2.44. The number of benzene rings is 1. The van der Waals surface area contributed by atoms with Crippen molar-refractivity contribution < 1.29 is 18.7 Å². The molecule has 156 valence electrons. The van der Waals surface area contributed by atoms with E-state index in [1.54, 1.807) is 30.8 Å². The Kier molecular flexibility index (Phi) is 6.40. The van der Waals surface area contributed by atoms with Gasteiger partial charge >= 0.3 is 5.97 Å². The number of anilines is 1. The maximum absolute atomic E-state index is 14.1. The minimum atomic E-state index is -0.359. The predicted octanol–water partition coefficient (Wildman–Crippen LogP) is 4.10. The number of hydrogen-bond donors (Lipinski definition) is 2. The molecular weight excluding hydrogens is 393 g/mol. The van der Waals surface area contributed by atoms with Gasteiger partial charge in [0.15, 0.2) is 0 Å². The van der Waals surface area contributed by atoms with Crippen LogP contribution in [0.25, 0.3) is 10.9 Å². The second-order valence-corrected chi connectivity index (χ2v) is 8.45. The van der Waals surface area contributed by atoms with Gasteiger partial charge in [0.25, 0.3) is 0 Å². The fraction of sp³-hybridized carbons (Fsp3) is 0.524. The number of ether oxygens (including phenoxy) is 2. The molecule has 1 atom stereocenters. The van der Waals surface area contributed by atoms with E-state index in [0.717, 1.165) is 45.9 Å². The van der Waals surface area contributed by atoms with Crippen molar-refractivity contribution in [2.75, 3.05) is 30.9 Å². The molecule has 0 amide bonds. The summed E-state index contributed by atoms with van der Waals surface area (Å²) in [5.41, 5.74) is 2.62. The van der Waals surface area contributed by atoms with Gasteiger partial charge in [-0.1, -0.05) is 12.8 Å². The molecule has 0 saturated heterocycles. The van der Waals surface area contributed by atoms with Crippen molar-refractivity contribution in [3.63, 3.8) is 0 Å². The number of carbonyl (C=O) groups is 1. The van der Waals surface area contributed by atoms with Crippen LogP contribution in [0.4, 0.5) is 10.1 Å². The molecule has 1 aromatic heterocycles. The van der Waals surface area contributed by atoms with E-state index < -0.39 is 0 Å². The number of aromatic nitrogens is 1. The number of aliphatic imine (C=N–C) groups is 1. The van der Waals surface area contributed by atoms with Crippen molar-refractivity contribution in [3.8, 4) is 0 Å². The Balaban J connectivity index is 1.45. The summed E-state index contributed by atoms with van der Waals surface area (Å²) < 4.78 is 24.4. The molecule has 4 rings (SSSR count). The SMILES string of the molecule is CCOC(=O)COCC1CSC(c2cc3cc(F)cc(NC4CCCC4)c3[nH]2)=N1. The van der Waals surface area contributed by atoms with E-state index in [9.17, 15) is 9.18 Å². The van der Waals surface area contributed by atoms with Gasteiger partial charge in [-0.25, -0.2) is 9.18 Å². The second-order valence-electron chi connectivity index (χ2n) is 7.45. The number of nitrogens with one attached hydrogen (secondary N) is 2. The lowest BCUT2D eigenvalue weighted by Gasteiger charge is -2.14. The quantitative estimate of drug-likeness (QED) is 0.630. The first-order chi connectivity index (χ1) is 14.1. The van der Waals surface area contributed by atoms with Crippen LogP contribution in [0.1, 0.15) is 38.3 Å². The summed E-state index contributed by atoms with van der Waals surface area (Å²) in [5.74, 6) is 0.187. The Hall–Kier alpha value is -2.06. The van der Waals surface area contributed by atoms with E-state index in [-0.39, 0.29) is 24.4 Å². The van der Waals surface area contributed by atoms with E-state index in [4.69, 9.17) is 14.5 Å². The normalized spacial score (nSPS) is 19.7. The zero-order chi connectivity index (χ0) is 20.2. The minimum absolute atomic E-state index is 0.0105. The van der Waals surface area contributed by atoms with Crippen molar-refractivity contribution in [1.82, 2.24) is 4.98 Å². The van der Waals surface area contributed by atoms with Crippen LogP contribution in [0.2, 0.25) is 0 Å². The van der Waals surface area contributed by atoms with Gasteiger partial charge in [0.1, 0.15) is 17.5 Å². The van der Waals surface area contributed by atoms with Crippen molar-refractivity contribution in [3.05, 3.63) is 29.7 Å². The smallest absolute Gasteiger partial charge is 0.332 e. The van der Waals surface area contributed by atoms with Gasteiger partial charge in [-0.15, -0.1) is 11.8 Å². The summed E-state index contributed by atoms with van der Waals surface area (Å²) in [6, 6.07) is 5.46. The van der Waals surface area contributed by atoms with E-state index in [0.29, 0.717) is 19.3 Å². The van der Waals surface area contributed by atoms with Gasteiger partial charge < -0.3 is 19.8 Å². The molecule has 1 aliphatic heterocycles. The number of halogens is 1. The van der Waals surface area contributed by atoms with Crippen LogP contribution in [0, 0.1) is 5.82 Å². The monoisotopic (exact) mass is 419 g/mol. The number of carbonyl (C=O) groups excluding carboxylic acids is 1. The molecule has 8 heteroatoms. The number of H-pyrrole nitrogens is 1. The van der Waals surface area contributed by atoms with E-state index in [2.05, 4.69) is 10.3 Å². The average molecular weight is 420 g/mol. The number of thioether (sulfide) groups is 1. The van der Waals surface area contributed by atoms with Crippen molar-refractivity contribution in [1.29, 1.82) is 0 Å². The Morgan fingerprint density at radius 3 is 2.97 bits per heavy atom. The number of aromatic amines is 1. The molecule has 0 radical (unpaired) electrons. The maximum atomic E-state index is 14.1. The molecule has 6 nitrogen and oxygen atoms in total. The Bertz CT molecular complexity index is 908. The molecule has 1 unspecified atom stereocenters. The number of rotatable bonds is 8. The lowest BCUT2D eigenvalue weighted by atomic mass is 10.2. The van der Waals surface area contributed by atoms with Gasteiger partial charge in [0, 0.05) is 17.2 Å². The second kappa shape index (κ2) is 9.17. The van der Waals surface area contributed by atoms with Crippen molar-refractivity contribution in [2.24, 2.45) is 4.99 Å². The highest BCUT2D eigenvalue weighted by atomic mass is 32.2. The standard InChI is InChI=1S/C21H26FN3O3S/c1-2-28-19(26)11-27-10-16-12-29-21(24-16)18-8-13-7-14(22)9-17(20(13)25-18)23-15-5-3-4-6-15/h7-9,15-16,23,25H,2-6,10-12H2,1H3. The van der Waals surface area contributed by atoms with Crippen LogP contribution in [-0.2, 0) is 14.3 Å². The summed E-state index contributed by atoms with van der Waals surface area (Å²) in [5, 5.41) is 5.23. The molecule has 2 aliphatic rings. The molecule has 0 spiro atoms. The third kappa shape index (κ3) is 4.93. The highest BCUT2D eigenvalue weighted by Crippen LogP contribution is 2.32. The van der Waals surface area contributed by atoms with E-state index >= 15 is 0 Å². The Labute approximate surface area is 173 Å². The molecule has 0 bridgehead atoms. The fourth-order valence-corrected chi connectivity index (χ4v) is 4.87. The Morgan fingerprint density at radius 2 is 2.17 bits per heavy atom. The van der Waals surface area contributed by atoms with Crippen LogP contribution in [0.5, 0.6) is 0 Å². The van der Waals surface area contributed by atoms with Crippen LogP contribution >= 0.6 is 11.8 Å². The number of fused-ring (bicyclic) bond motifs is 1. The minimum Gasteiger partial charge on any atom is -0.464 e. The summed E-state index contributed by atoms with van der Waals surface area (Å²) in [6.07, 6.45) is 4.70. The van der Waals surface area contributed by atoms with Crippen molar-refractivity contribution >= 4 is 39.4 Å². The van der Waals surface area contributed by atoms with Crippen LogP contribution in [-0.4, -0.2) is 53.7 Å². The van der Waals surface area contributed by atoms with Crippen LogP contribution in [0.15, 0.2) is 23.2 Å². The third-order valence-corrected chi connectivity index (χ3v) is 6.34. The maximum Gasteiger partial charge on any atom is 0.332 e. The van der Waals surface area contributed by atoms with Crippen LogP contribution in [0.3, 0.4) is 0 Å². The lowest BCUT2D eigenvalue weighted by Crippen LogP contribution is -2.19. The third-order valence-electron chi connectivity index (χ3n) is 5.19. The first-order valence-electron chi connectivity index (χ1n) is 10.2. The van der Waals surface area contributed by atoms with Gasteiger partial charge in [0.05, 0.1) is 36.2 Å². The predicted molar refractivity (Wildman–Crippen MR) is 114 cm³/mol. The molecule has 2 heterocycles. The molecular formula is C21H26FN3O3S.